The fourth-order valence-electron chi connectivity index (χ4n) is 3.42. The van der Waals surface area contributed by atoms with Crippen molar-refractivity contribution in [3.63, 3.8) is 0 Å². The Labute approximate surface area is 178 Å². The first kappa shape index (κ1) is 20.0. The molecule has 2 aromatic carbocycles. The SMILES string of the molecule is COc1ccccc1-c1nnc(SCC(=O)c2cc(C)n(-c3ccccc3)c2C)o1. The fourth-order valence-corrected chi connectivity index (χ4v) is 4.07. The van der Waals surface area contributed by atoms with Crippen LogP contribution in [-0.2, 0) is 0 Å². The lowest BCUT2D eigenvalue weighted by molar-refractivity contribution is 0.102. The van der Waals surface area contributed by atoms with Crippen molar-refractivity contribution in [1.29, 1.82) is 0 Å². The van der Waals surface area contributed by atoms with Gasteiger partial charge in [0.1, 0.15) is 5.75 Å². The lowest BCUT2D eigenvalue weighted by Crippen LogP contribution is -2.05. The number of Topliss-reactive ketones (excluding diaryl/α,β-unsaturated/α-hetero) is 1. The third-order valence-corrected chi connectivity index (χ3v) is 5.63. The number of ketones is 1. The summed E-state index contributed by atoms with van der Waals surface area (Å²) in [5, 5.41) is 8.50. The molecule has 6 nitrogen and oxygen atoms in total. The second-order valence-corrected chi connectivity index (χ2v) is 7.67. The van der Waals surface area contributed by atoms with Crippen LogP contribution in [0.1, 0.15) is 21.7 Å². The Balaban J connectivity index is 1.49. The van der Waals surface area contributed by atoms with Crippen molar-refractivity contribution in [3.8, 4) is 22.9 Å². The first-order chi connectivity index (χ1) is 14.6. The molecule has 152 valence electrons. The van der Waals surface area contributed by atoms with Crippen LogP contribution >= 0.6 is 11.8 Å². The van der Waals surface area contributed by atoms with E-state index in [1.165, 1.54) is 11.8 Å². The Kier molecular flexibility index (Phi) is 5.72. The van der Waals surface area contributed by atoms with Crippen molar-refractivity contribution >= 4 is 17.5 Å². The number of methoxy groups -OCH3 is 1. The van der Waals surface area contributed by atoms with E-state index in [-0.39, 0.29) is 11.5 Å². The minimum absolute atomic E-state index is 0.0207. The molecule has 4 rings (SSSR count). The highest BCUT2D eigenvalue weighted by atomic mass is 32.2. The summed E-state index contributed by atoms with van der Waals surface area (Å²) in [6.07, 6.45) is 0. The van der Waals surface area contributed by atoms with Gasteiger partial charge in [-0.15, -0.1) is 10.2 Å². The number of rotatable bonds is 7. The first-order valence-electron chi connectivity index (χ1n) is 9.45. The lowest BCUT2D eigenvalue weighted by atomic mass is 10.2. The van der Waals surface area contributed by atoms with E-state index in [4.69, 9.17) is 9.15 Å². The van der Waals surface area contributed by atoms with E-state index in [0.29, 0.717) is 22.4 Å². The second-order valence-electron chi connectivity index (χ2n) is 6.74. The number of hydrogen-bond acceptors (Lipinski definition) is 6. The van der Waals surface area contributed by atoms with Crippen LogP contribution in [0.15, 0.2) is 70.3 Å². The molecule has 0 amide bonds. The Hall–Kier alpha value is -3.32. The molecule has 2 aromatic heterocycles. The predicted molar refractivity (Wildman–Crippen MR) is 117 cm³/mol. The fraction of sp³-hybridized carbons (Fsp3) is 0.174. The molecule has 0 N–H and O–H groups in total. The summed E-state index contributed by atoms with van der Waals surface area (Å²) in [6, 6.07) is 19.4. The van der Waals surface area contributed by atoms with Crippen LogP contribution < -0.4 is 4.74 Å². The number of para-hydroxylation sites is 2. The zero-order valence-electron chi connectivity index (χ0n) is 17.0. The molecular formula is C23H21N3O3S. The normalized spacial score (nSPS) is 10.9. The van der Waals surface area contributed by atoms with Crippen LogP contribution in [0.5, 0.6) is 5.75 Å². The molecule has 0 radical (unpaired) electrons. The van der Waals surface area contributed by atoms with Gasteiger partial charge in [-0.2, -0.15) is 0 Å². The molecule has 0 bridgehead atoms. The Bertz CT molecular complexity index is 1180. The smallest absolute Gasteiger partial charge is 0.277 e. The lowest BCUT2D eigenvalue weighted by Gasteiger charge is -2.09. The minimum Gasteiger partial charge on any atom is -0.496 e. The van der Waals surface area contributed by atoms with Crippen LogP contribution in [0.25, 0.3) is 17.1 Å². The first-order valence-corrected chi connectivity index (χ1v) is 10.4. The summed E-state index contributed by atoms with van der Waals surface area (Å²) in [6.45, 7) is 3.96. The van der Waals surface area contributed by atoms with E-state index in [2.05, 4.69) is 14.8 Å². The average molecular weight is 420 g/mol. The predicted octanol–water partition coefficient (Wildman–Crippen LogP) is 5.13. The van der Waals surface area contributed by atoms with Gasteiger partial charge in [0, 0.05) is 22.6 Å². The van der Waals surface area contributed by atoms with E-state index < -0.39 is 0 Å². The van der Waals surface area contributed by atoms with Crippen LogP contribution in [-0.4, -0.2) is 33.4 Å². The third kappa shape index (κ3) is 3.89. The third-order valence-electron chi connectivity index (χ3n) is 4.82. The van der Waals surface area contributed by atoms with Gasteiger partial charge in [-0.3, -0.25) is 4.79 Å². The highest BCUT2D eigenvalue weighted by Crippen LogP contribution is 2.31. The maximum atomic E-state index is 12.9. The molecule has 0 aliphatic heterocycles. The number of carbonyl (C=O) groups excluding carboxylic acids is 1. The van der Waals surface area contributed by atoms with Gasteiger partial charge in [0.2, 0.25) is 0 Å². The number of aromatic nitrogens is 3. The monoisotopic (exact) mass is 419 g/mol. The molecule has 0 saturated heterocycles. The molecule has 30 heavy (non-hydrogen) atoms. The summed E-state index contributed by atoms with van der Waals surface area (Å²) in [5.74, 6) is 1.26. The Morgan fingerprint density at radius 2 is 1.80 bits per heavy atom. The largest absolute Gasteiger partial charge is 0.496 e. The number of ether oxygens (including phenoxy) is 1. The summed E-state index contributed by atoms with van der Waals surface area (Å²) in [4.78, 5) is 12.9. The number of nitrogens with zero attached hydrogens (tertiary/aromatic N) is 3. The topological polar surface area (TPSA) is 70.2 Å². The van der Waals surface area contributed by atoms with Crippen molar-refractivity contribution in [1.82, 2.24) is 14.8 Å². The Morgan fingerprint density at radius 1 is 1.07 bits per heavy atom. The van der Waals surface area contributed by atoms with Gasteiger partial charge in [0.05, 0.1) is 18.4 Å². The number of aryl methyl sites for hydroxylation is 1. The summed E-state index contributed by atoms with van der Waals surface area (Å²) in [5.41, 5.74) is 4.40. The van der Waals surface area contributed by atoms with Crippen molar-refractivity contribution in [3.05, 3.63) is 77.6 Å². The molecule has 0 atom stereocenters. The van der Waals surface area contributed by atoms with Gasteiger partial charge in [0.25, 0.3) is 11.1 Å². The average Bonchev–Trinajstić information content (AvgIpc) is 3.36. The van der Waals surface area contributed by atoms with Crippen molar-refractivity contribution < 1.29 is 13.9 Å². The molecular weight excluding hydrogens is 398 g/mol. The highest BCUT2D eigenvalue weighted by Gasteiger charge is 2.19. The molecule has 0 aliphatic carbocycles. The number of thioether (sulfide) groups is 1. The summed E-state index contributed by atoms with van der Waals surface area (Å²) >= 11 is 1.23. The zero-order valence-corrected chi connectivity index (χ0v) is 17.8. The van der Waals surface area contributed by atoms with Gasteiger partial charge in [-0.05, 0) is 44.2 Å². The maximum absolute atomic E-state index is 12.9. The van der Waals surface area contributed by atoms with E-state index in [1.54, 1.807) is 7.11 Å². The molecule has 0 unspecified atom stereocenters. The molecule has 2 heterocycles. The highest BCUT2D eigenvalue weighted by molar-refractivity contribution is 7.99. The second kappa shape index (κ2) is 8.59. The van der Waals surface area contributed by atoms with Gasteiger partial charge in [-0.1, -0.05) is 42.1 Å². The van der Waals surface area contributed by atoms with Gasteiger partial charge in [0.15, 0.2) is 5.78 Å². The van der Waals surface area contributed by atoms with Crippen LogP contribution in [0, 0.1) is 13.8 Å². The maximum Gasteiger partial charge on any atom is 0.277 e. The van der Waals surface area contributed by atoms with Crippen molar-refractivity contribution in [2.45, 2.75) is 19.1 Å². The molecule has 0 spiro atoms. The number of hydrogen-bond donors (Lipinski definition) is 0. The molecule has 4 aromatic rings. The quantitative estimate of drug-likeness (QED) is 0.306. The van der Waals surface area contributed by atoms with Gasteiger partial charge < -0.3 is 13.7 Å². The molecule has 0 aliphatic rings. The summed E-state index contributed by atoms with van der Waals surface area (Å²) in [7, 11) is 1.59. The summed E-state index contributed by atoms with van der Waals surface area (Å²) < 4.78 is 13.2. The van der Waals surface area contributed by atoms with E-state index >= 15 is 0 Å². The van der Waals surface area contributed by atoms with Crippen molar-refractivity contribution in [2.75, 3.05) is 12.9 Å². The van der Waals surface area contributed by atoms with E-state index in [1.807, 2.05) is 74.5 Å². The van der Waals surface area contributed by atoms with Gasteiger partial charge >= 0.3 is 0 Å². The van der Waals surface area contributed by atoms with Crippen LogP contribution in [0.4, 0.5) is 0 Å². The van der Waals surface area contributed by atoms with E-state index in [9.17, 15) is 4.79 Å². The van der Waals surface area contributed by atoms with Crippen LogP contribution in [0.2, 0.25) is 0 Å². The van der Waals surface area contributed by atoms with Crippen molar-refractivity contribution in [2.24, 2.45) is 0 Å². The standard InChI is InChI=1S/C23H21N3O3S/c1-15-13-19(16(2)26(15)17-9-5-4-6-10-17)20(27)14-30-23-25-24-22(29-23)18-11-7-8-12-21(18)28-3/h4-13H,14H2,1-3H3. The Morgan fingerprint density at radius 3 is 2.57 bits per heavy atom. The van der Waals surface area contributed by atoms with Crippen LogP contribution in [0.3, 0.4) is 0 Å². The molecule has 7 heteroatoms. The molecule has 0 saturated carbocycles. The number of carbonyl (C=O) groups is 1. The molecule has 0 fully saturated rings. The zero-order chi connectivity index (χ0) is 21.1. The van der Waals surface area contributed by atoms with Gasteiger partial charge in [-0.25, -0.2) is 0 Å². The number of benzene rings is 2. The minimum atomic E-state index is 0.0207. The van der Waals surface area contributed by atoms with E-state index in [0.717, 1.165) is 22.6 Å².